The number of hydrogen-bond acceptors (Lipinski definition) is 16. The summed E-state index contributed by atoms with van der Waals surface area (Å²) in [7, 11) is 0. The van der Waals surface area contributed by atoms with Crippen molar-refractivity contribution < 1.29 is 75.2 Å². The number of phenols is 1. The monoisotopic (exact) mass is 1360 g/mol. The van der Waals surface area contributed by atoms with Gasteiger partial charge in [-0.25, -0.2) is 22.4 Å². The molecule has 0 saturated carbocycles. The third kappa shape index (κ3) is 14.6. The molecule has 1 aliphatic carbocycles. The Balaban J connectivity index is 0.732. The Morgan fingerprint density at radius 2 is 1.08 bits per heavy atom. The maximum atomic E-state index is 14.3. The number of aromatic carboxylic acids is 1. The van der Waals surface area contributed by atoms with Crippen LogP contribution in [-0.2, 0) is 14.4 Å². The van der Waals surface area contributed by atoms with Crippen molar-refractivity contribution in [3.63, 3.8) is 0 Å². The third-order valence-electron chi connectivity index (χ3n) is 17.1. The van der Waals surface area contributed by atoms with Gasteiger partial charge in [0, 0.05) is 70.2 Å². The van der Waals surface area contributed by atoms with E-state index >= 15 is 0 Å². The number of nitrogens with zero attached hydrogens (tertiary/aromatic N) is 7. The number of benzene rings is 7. The van der Waals surface area contributed by atoms with Gasteiger partial charge in [-0.15, -0.1) is 0 Å². The summed E-state index contributed by atoms with van der Waals surface area (Å²) in [5.41, 5.74) is 4.17. The molecular weight excluding hydrogens is 1300 g/mol. The van der Waals surface area contributed by atoms with Gasteiger partial charge in [0.2, 0.25) is 17.7 Å². The number of carbonyl (C=O) groups excluding carboxylic acids is 6. The predicted molar refractivity (Wildman–Crippen MR) is 353 cm³/mol. The molecule has 2 saturated heterocycles. The predicted octanol–water partition coefficient (Wildman–Crippen LogP) is 9.09. The minimum atomic E-state index is -3.23. The highest BCUT2D eigenvalue weighted by atomic mass is 19.3. The topological polar surface area (TPSA) is 328 Å². The maximum absolute atomic E-state index is 14.3. The Morgan fingerprint density at radius 3 is 1.59 bits per heavy atom. The van der Waals surface area contributed by atoms with Crippen molar-refractivity contribution in [1.82, 2.24) is 40.6 Å². The number of ether oxygens (including phenoxy) is 2. The lowest BCUT2D eigenvalue weighted by molar-refractivity contribution is -0.132. The fourth-order valence-corrected chi connectivity index (χ4v) is 12.1. The number of nitrogens with one attached hydrogen (secondary N) is 3. The van der Waals surface area contributed by atoms with Gasteiger partial charge in [-0.05, 0) is 131 Å². The van der Waals surface area contributed by atoms with Crippen LogP contribution in [0, 0.1) is 22.7 Å². The standard InChI is InChI=1S/C73H56F4N10O13/c74-72(75)32-46(34-78)86(39-72)65(91)37-83-69(94)52-19-21-80-60-17-6-43(27-57(52)60)41-1-10-50(11-2-41)98-25-23-85(64(90)36-82-68(93)45-5-14-54(71(96)97)59(29-45)67-55-15-8-48(88)30-62(55)100-63-31-49(89)9-16-56(63)67)24-26-99-51-12-3-42(4-13-51)44-7-18-61-58(28-44)53(20-22-81-61)70(95)84-38-66(92)87-40-73(76,77)33-47(87)35-79/h1-22,27-31,46-47,88H,23-26,32-33,36-40H2,(H,82,93)(H,83,94)(H,84,95)(H,96,97)/t46-,47-/m0/s1. The summed E-state index contributed by atoms with van der Waals surface area (Å²) in [6.07, 6.45) is 1.24. The molecule has 0 spiro atoms. The maximum Gasteiger partial charge on any atom is 0.336 e. The zero-order valence-corrected chi connectivity index (χ0v) is 52.5. The van der Waals surface area contributed by atoms with E-state index in [1.807, 2.05) is 0 Å². The number of pyridine rings is 2. The first-order valence-electron chi connectivity index (χ1n) is 31.1. The minimum absolute atomic E-state index is 0.0245. The van der Waals surface area contributed by atoms with Crippen molar-refractivity contribution in [3.8, 4) is 74.1 Å². The number of carboxylic acid groups (broad SMARTS) is 1. The molecule has 12 rings (SSSR count). The van der Waals surface area contributed by atoms with Crippen molar-refractivity contribution >= 4 is 74.2 Å². The average Bonchev–Trinajstić information content (AvgIpc) is 1.05. The molecule has 0 bridgehead atoms. The first kappa shape index (κ1) is 67.2. The highest BCUT2D eigenvalue weighted by molar-refractivity contribution is 6.11. The highest BCUT2D eigenvalue weighted by Crippen LogP contribution is 2.43. The Labute approximate surface area is 564 Å². The van der Waals surface area contributed by atoms with E-state index in [4.69, 9.17) is 13.9 Å². The molecule has 4 aliphatic rings. The Kier molecular flexibility index (Phi) is 18.9. The quantitative estimate of drug-likeness (QED) is 0.0331. The normalized spacial score (nSPS) is 15.2. The largest absolute Gasteiger partial charge is 0.508 e. The van der Waals surface area contributed by atoms with Crippen LogP contribution >= 0.6 is 0 Å². The number of rotatable bonds is 21. The molecular formula is C73H56F4N10O13. The molecule has 3 aliphatic heterocycles. The van der Waals surface area contributed by atoms with Crippen LogP contribution in [0.2, 0.25) is 0 Å². The smallest absolute Gasteiger partial charge is 0.336 e. The molecule has 100 heavy (non-hydrogen) atoms. The second-order valence-corrected chi connectivity index (χ2v) is 23.7. The summed E-state index contributed by atoms with van der Waals surface area (Å²) in [4.78, 5) is 118. The van der Waals surface area contributed by atoms with Gasteiger partial charge < -0.3 is 54.8 Å². The molecule has 27 heteroatoms. The Morgan fingerprint density at radius 1 is 0.570 bits per heavy atom. The number of fused-ring (bicyclic) bond motifs is 4. The molecule has 6 amide bonds. The third-order valence-corrected chi connectivity index (χ3v) is 17.1. The van der Waals surface area contributed by atoms with Crippen molar-refractivity contribution in [3.05, 3.63) is 197 Å². The van der Waals surface area contributed by atoms with Crippen LogP contribution in [0.3, 0.4) is 0 Å². The van der Waals surface area contributed by atoms with E-state index in [1.165, 1.54) is 84.0 Å². The first-order chi connectivity index (χ1) is 48.0. The van der Waals surface area contributed by atoms with Gasteiger partial charge in [-0.2, -0.15) is 10.5 Å². The number of hydrogen-bond donors (Lipinski definition) is 5. The van der Waals surface area contributed by atoms with E-state index in [2.05, 4.69) is 25.9 Å². The summed E-state index contributed by atoms with van der Waals surface area (Å²) < 4.78 is 74.5. The Hall–Kier alpha value is -12.8. The fourth-order valence-electron chi connectivity index (χ4n) is 12.1. The van der Waals surface area contributed by atoms with Crippen molar-refractivity contribution in [2.75, 3.05) is 59.0 Å². The number of aromatic hydroxyl groups is 1. The number of aromatic nitrogens is 2. The van der Waals surface area contributed by atoms with Gasteiger partial charge in [-0.1, -0.05) is 36.4 Å². The molecule has 2 aromatic heterocycles. The molecule has 8 aromatic rings. The highest BCUT2D eigenvalue weighted by Gasteiger charge is 2.48. The first-order valence-corrected chi connectivity index (χ1v) is 31.1. The van der Waals surface area contributed by atoms with Crippen LogP contribution in [-0.4, -0.2) is 159 Å². The minimum Gasteiger partial charge on any atom is -0.508 e. The van der Waals surface area contributed by atoms with Gasteiger partial charge in [0.05, 0.1) is 85.7 Å². The number of carboxylic acids is 1. The van der Waals surface area contributed by atoms with Gasteiger partial charge in [0.15, 0.2) is 5.43 Å². The van der Waals surface area contributed by atoms with Gasteiger partial charge in [0.1, 0.15) is 53.9 Å². The van der Waals surface area contributed by atoms with Gasteiger partial charge >= 0.3 is 5.97 Å². The molecule has 6 aromatic carbocycles. The number of carbonyl (C=O) groups is 7. The zero-order chi connectivity index (χ0) is 70.6. The lowest BCUT2D eigenvalue weighted by Gasteiger charge is -2.23. The lowest BCUT2D eigenvalue weighted by Crippen LogP contribution is -2.43. The molecule has 2 atom stereocenters. The second kappa shape index (κ2) is 28.1. The van der Waals surface area contributed by atoms with E-state index in [1.54, 1.807) is 97.1 Å². The molecule has 5 heterocycles. The lowest BCUT2D eigenvalue weighted by atomic mass is 9.89. The molecule has 2 fully saturated rings. The van der Waals surface area contributed by atoms with E-state index in [0.717, 1.165) is 9.80 Å². The van der Waals surface area contributed by atoms with Crippen molar-refractivity contribution in [2.24, 2.45) is 0 Å². The number of amides is 6. The zero-order valence-electron chi connectivity index (χ0n) is 52.5. The van der Waals surface area contributed by atoms with E-state index in [0.29, 0.717) is 72.1 Å². The summed E-state index contributed by atoms with van der Waals surface area (Å²) in [6.45, 7) is -3.82. The van der Waals surface area contributed by atoms with Crippen LogP contribution in [0.4, 0.5) is 17.6 Å². The Bertz CT molecular complexity index is 4860. The summed E-state index contributed by atoms with van der Waals surface area (Å²) in [6, 6.07) is 40.0. The summed E-state index contributed by atoms with van der Waals surface area (Å²) >= 11 is 0. The van der Waals surface area contributed by atoms with Crippen LogP contribution in [0.5, 0.6) is 17.2 Å². The molecule has 504 valence electrons. The van der Waals surface area contributed by atoms with E-state index < -0.39 is 116 Å². The van der Waals surface area contributed by atoms with Gasteiger partial charge in [0.25, 0.3) is 29.6 Å². The second-order valence-electron chi connectivity index (χ2n) is 23.7. The van der Waals surface area contributed by atoms with Crippen LogP contribution < -0.4 is 30.9 Å². The molecule has 23 nitrogen and oxygen atoms in total. The van der Waals surface area contributed by atoms with Crippen LogP contribution in [0.15, 0.2) is 173 Å². The molecule has 5 N–H and O–H groups in total. The van der Waals surface area contributed by atoms with Crippen molar-refractivity contribution in [1.29, 1.82) is 10.5 Å². The number of alkyl halides is 4. The van der Waals surface area contributed by atoms with Crippen LogP contribution in [0.1, 0.15) is 54.3 Å². The molecule has 0 radical (unpaired) electrons. The summed E-state index contributed by atoms with van der Waals surface area (Å²) in [5, 5.41) is 48.3. The molecule has 0 unspecified atom stereocenters. The number of phenolic OH excluding ortho intramolecular Hbond substituents is 1. The van der Waals surface area contributed by atoms with Crippen LogP contribution in [0.25, 0.3) is 77.5 Å². The summed E-state index contributed by atoms with van der Waals surface area (Å²) in [5.74, 6) is -11.4. The van der Waals surface area contributed by atoms with E-state index in [-0.39, 0.29) is 71.2 Å². The number of nitriles is 2. The van der Waals surface area contributed by atoms with Crippen molar-refractivity contribution in [2.45, 2.75) is 36.8 Å². The number of halogens is 4. The number of likely N-dealkylation sites (tertiary alicyclic amines) is 2. The van der Waals surface area contributed by atoms with E-state index in [9.17, 15) is 76.7 Å². The van der Waals surface area contributed by atoms with Gasteiger partial charge in [-0.3, -0.25) is 43.5 Å². The average molecular weight is 1360 g/mol. The fraction of sp³-hybridized carbons (Fsp3) is 0.205. The SMILES string of the molecule is N#C[C@@H]1CC(F)(F)CN1C(=O)CNC(=O)c1ccnc2ccc(-c3ccc(OCCN(CCOc4ccc(-c5ccc6nccc(C(=O)NCC(=O)N7CC(F)(F)C[C@H]7C#N)c6c5)cc4)C(=O)CNC(=O)c4ccc(C(=O)O)c(-c5c6ccc(=O)cc-6oc6cc(O)ccc56)c4)cc3)cc12.